The second kappa shape index (κ2) is 8.45. The topological polar surface area (TPSA) is 54.6 Å². The van der Waals surface area contributed by atoms with E-state index >= 15 is 0 Å². The van der Waals surface area contributed by atoms with E-state index in [1.165, 1.54) is 12.8 Å². The Balaban J connectivity index is 1.51. The fraction of sp³-hybridized carbons (Fsp3) is 0.750. The van der Waals surface area contributed by atoms with Crippen LogP contribution in [0.1, 0.15) is 44.8 Å². The van der Waals surface area contributed by atoms with Crippen molar-refractivity contribution < 1.29 is 14.3 Å². The molecule has 0 amide bonds. The van der Waals surface area contributed by atoms with Gasteiger partial charge in [-0.15, -0.1) is 0 Å². The van der Waals surface area contributed by atoms with E-state index in [1.54, 1.807) is 6.26 Å². The lowest BCUT2D eigenvalue weighted by Gasteiger charge is -2.18. The number of aryl methyl sites for hydroxylation is 1. The molecule has 1 fully saturated rings. The first kappa shape index (κ1) is 15.5. The predicted octanol–water partition coefficient (Wildman–Crippen LogP) is 2.51. The van der Waals surface area contributed by atoms with Crippen LogP contribution in [-0.4, -0.2) is 36.5 Å². The third-order valence-electron chi connectivity index (χ3n) is 3.93. The molecule has 0 aromatic carbocycles. The van der Waals surface area contributed by atoms with Crippen molar-refractivity contribution in [3.8, 4) is 0 Å². The lowest BCUT2D eigenvalue weighted by molar-refractivity contribution is -0.00614. The molecule has 0 saturated heterocycles. The number of ether oxygens (including phenoxy) is 1. The largest absolute Gasteiger partial charge is 0.469 e. The van der Waals surface area contributed by atoms with Gasteiger partial charge in [-0.3, -0.25) is 0 Å². The molecule has 0 aliphatic heterocycles. The van der Waals surface area contributed by atoms with Crippen molar-refractivity contribution in [2.75, 3.05) is 13.2 Å². The average molecular weight is 281 g/mol. The molecule has 1 aliphatic carbocycles. The van der Waals surface area contributed by atoms with Gasteiger partial charge in [0.05, 0.1) is 25.1 Å². The van der Waals surface area contributed by atoms with Crippen LogP contribution < -0.4 is 5.32 Å². The van der Waals surface area contributed by atoms with Gasteiger partial charge < -0.3 is 19.6 Å². The summed E-state index contributed by atoms with van der Waals surface area (Å²) >= 11 is 0. The molecular weight excluding hydrogens is 254 g/mol. The van der Waals surface area contributed by atoms with Gasteiger partial charge in [0.2, 0.25) is 0 Å². The predicted molar refractivity (Wildman–Crippen MR) is 78.7 cm³/mol. The summed E-state index contributed by atoms with van der Waals surface area (Å²) < 4.78 is 11.0. The first-order valence-electron chi connectivity index (χ1n) is 7.79. The molecular formula is C16H27NO3. The highest BCUT2D eigenvalue weighted by molar-refractivity contribution is 4.98. The average Bonchev–Trinajstić information content (AvgIpc) is 3.13. The minimum atomic E-state index is -0.415. The van der Waals surface area contributed by atoms with Gasteiger partial charge in [-0.2, -0.15) is 0 Å². The molecule has 0 radical (unpaired) electrons. The van der Waals surface area contributed by atoms with Crippen molar-refractivity contribution in [2.24, 2.45) is 0 Å². The second-order valence-corrected chi connectivity index (χ2v) is 5.82. The molecule has 4 heteroatoms. The van der Waals surface area contributed by atoms with Crippen LogP contribution in [0, 0.1) is 0 Å². The Labute approximate surface area is 121 Å². The normalized spacial score (nSPS) is 19.3. The SMILES string of the molecule is CC(CCc1ccco1)NCC(O)COC1CCCC1. The first-order chi connectivity index (χ1) is 9.74. The molecule has 2 unspecified atom stereocenters. The number of rotatable bonds is 9. The first-order valence-corrected chi connectivity index (χ1v) is 7.79. The Morgan fingerprint density at radius 1 is 1.45 bits per heavy atom. The quantitative estimate of drug-likeness (QED) is 0.730. The molecule has 0 spiro atoms. The number of hydrogen-bond donors (Lipinski definition) is 2. The van der Waals surface area contributed by atoms with Gasteiger partial charge in [0.1, 0.15) is 5.76 Å². The summed E-state index contributed by atoms with van der Waals surface area (Å²) in [6, 6.07) is 4.27. The molecule has 1 aliphatic rings. The smallest absolute Gasteiger partial charge is 0.103 e. The molecule has 114 valence electrons. The number of furan rings is 1. The Morgan fingerprint density at radius 3 is 2.95 bits per heavy atom. The summed E-state index contributed by atoms with van der Waals surface area (Å²) in [5.74, 6) is 1.02. The van der Waals surface area contributed by atoms with Gasteiger partial charge >= 0.3 is 0 Å². The van der Waals surface area contributed by atoms with Crippen LogP contribution in [0.3, 0.4) is 0 Å². The summed E-state index contributed by atoms with van der Waals surface area (Å²) in [7, 11) is 0. The number of nitrogens with one attached hydrogen (secondary N) is 1. The third-order valence-corrected chi connectivity index (χ3v) is 3.93. The zero-order valence-corrected chi connectivity index (χ0v) is 12.4. The van der Waals surface area contributed by atoms with Gasteiger partial charge in [0.25, 0.3) is 0 Å². The van der Waals surface area contributed by atoms with Crippen molar-refractivity contribution in [3.63, 3.8) is 0 Å². The molecule has 1 saturated carbocycles. The fourth-order valence-electron chi connectivity index (χ4n) is 2.61. The summed E-state index contributed by atoms with van der Waals surface area (Å²) in [6.07, 6.45) is 8.44. The molecule has 4 nitrogen and oxygen atoms in total. The van der Waals surface area contributed by atoms with E-state index < -0.39 is 6.10 Å². The third kappa shape index (κ3) is 5.65. The van der Waals surface area contributed by atoms with Gasteiger partial charge in [-0.1, -0.05) is 12.8 Å². The summed E-state index contributed by atoms with van der Waals surface area (Å²) in [5.41, 5.74) is 0. The Kier molecular flexibility index (Phi) is 6.57. The van der Waals surface area contributed by atoms with Crippen molar-refractivity contribution in [2.45, 2.75) is 63.7 Å². The maximum absolute atomic E-state index is 9.90. The van der Waals surface area contributed by atoms with Gasteiger partial charge in [-0.05, 0) is 38.3 Å². The van der Waals surface area contributed by atoms with Gasteiger partial charge in [0.15, 0.2) is 0 Å². The van der Waals surface area contributed by atoms with Crippen molar-refractivity contribution in [1.29, 1.82) is 0 Å². The second-order valence-electron chi connectivity index (χ2n) is 5.82. The highest BCUT2D eigenvalue weighted by Gasteiger charge is 2.17. The lowest BCUT2D eigenvalue weighted by Crippen LogP contribution is -2.36. The van der Waals surface area contributed by atoms with E-state index in [2.05, 4.69) is 12.2 Å². The highest BCUT2D eigenvalue weighted by Crippen LogP contribution is 2.20. The molecule has 2 atom stereocenters. The molecule has 20 heavy (non-hydrogen) atoms. The minimum absolute atomic E-state index is 0.362. The lowest BCUT2D eigenvalue weighted by atomic mass is 10.1. The van der Waals surface area contributed by atoms with Gasteiger partial charge in [-0.25, -0.2) is 0 Å². The van der Waals surface area contributed by atoms with E-state index in [0.717, 1.165) is 31.4 Å². The molecule has 0 bridgehead atoms. The zero-order valence-electron chi connectivity index (χ0n) is 12.4. The zero-order chi connectivity index (χ0) is 14.2. The van der Waals surface area contributed by atoms with E-state index in [1.807, 2.05) is 12.1 Å². The van der Waals surface area contributed by atoms with Crippen LogP contribution in [0.4, 0.5) is 0 Å². The van der Waals surface area contributed by atoms with Crippen LogP contribution in [0.25, 0.3) is 0 Å². The Hall–Kier alpha value is -0.840. The Bertz CT molecular complexity index is 347. The number of aliphatic hydroxyl groups is 1. The number of hydrogen-bond acceptors (Lipinski definition) is 4. The molecule has 1 heterocycles. The fourth-order valence-corrected chi connectivity index (χ4v) is 2.61. The van der Waals surface area contributed by atoms with Crippen LogP contribution in [0.5, 0.6) is 0 Å². The maximum Gasteiger partial charge on any atom is 0.103 e. The van der Waals surface area contributed by atoms with Crippen LogP contribution in [-0.2, 0) is 11.2 Å². The van der Waals surface area contributed by atoms with Gasteiger partial charge in [0, 0.05) is 19.0 Å². The van der Waals surface area contributed by atoms with E-state index in [-0.39, 0.29) is 0 Å². The Morgan fingerprint density at radius 2 is 2.25 bits per heavy atom. The standard InChI is InChI=1S/C16H27NO3/c1-13(8-9-16-7-4-10-19-16)17-11-14(18)12-20-15-5-2-3-6-15/h4,7,10,13-15,17-18H,2-3,5-6,8-9,11-12H2,1H3. The highest BCUT2D eigenvalue weighted by atomic mass is 16.5. The van der Waals surface area contributed by atoms with Crippen LogP contribution >= 0.6 is 0 Å². The van der Waals surface area contributed by atoms with Crippen molar-refractivity contribution in [3.05, 3.63) is 24.2 Å². The van der Waals surface area contributed by atoms with Crippen molar-refractivity contribution in [1.82, 2.24) is 5.32 Å². The van der Waals surface area contributed by atoms with E-state index in [4.69, 9.17) is 9.15 Å². The maximum atomic E-state index is 9.90. The van der Waals surface area contributed by atoms with E-state index in [9.17, 15) is 5.11 Å². The van der Waals surface area contributed by atoms with Crippen LogP contribution in [0.2, 0.25) is 0 Å². The minimum Gasteiger partial charge on any atom is -0.469 e. The van der Waals surface area contributed by atoms with Crippen LogP contribution in [0.15, 0.2) is 22.8 Å². The molecule has 2 N–H and O–H groups in total. The monoisotopic (exact) mass is 281 g/mol. The summed E-state index contributed by atoms with van der Waals surface area (Å²) in [4.78, 5) is 0. The number of aliphatic hydroxyl groups excluding tert-OH is 1. The molecule has 1 aromatic heterocycles. The van der Waals surface area contributed by atoms with Crippen molar-refractivity contribution >= 4 is 0 Å². The molecule has 1 aromatic rings. The molecule has 2 rings (SSSR count). The van der Waals surface area contributed by atoms with E-state index in [0.29, 0.717) is 25.3 Å². The summed E-state index contributed by atoms with van der Waals surface area (Å²) in [5, 5.41) is 13.3. The summed E-state index contributed by atoms with van der Waals surface area (Å²) in [6.45, 7) is 3.17.